The maximum atomic E-state index is 12.1. The Morgan fingerprint density at radius 1 is 1.62 bits per heavy atom. The fraction of sp³-hybridized carbons (Fsp3) is 0.571. The lowest BCUT2D eigenvalue weighted by molar-refractivity contribution is 0.121. The third kappa shape index (κ3) is 3.31. The highest BCUT2D eigenvalue weighted by molar-refractivity contribution is 8.13. The molecule has 1 aromatic rings. The molecule has 1 aromatic heterocycles. The number of nitrogens with zero attached hydrogens (tertiary/aromatic N) is 2. The van der Waals surface area contributed by atoms with E-state index in [1.807, 2.05) is 0 Å². The average molecular weight is 275 g/mol. The van der Waals surface area contributed by atoms with E-state index in [0.29, 0.717) is 0 Å². The Labute approximate surface area is 95.4 Å². The van der Waals surface area contributed by atoms with Gasteiger partial charge in [-0.2, -0.15) is 0 Å². The molecule has 0 unspecified atom stereocenters. The number of ether oxygens (including phenoxy) is 1. The Morgan fingerprint density at radius 2 is 2.25 bits per heavy atom. The minimum Gasteiger partial charge on any atom is -0.476 e. The molecule has 9 heteroatoms. The fourth-order valence-corrected chi connectivity index (χ4v) is 1.90. The first kappa shape index (κ1) is 13.2. The lowest BCUT2D eigenvalue weighted by Crippen LogP contribution is -2.07. The molecule has 0 saturated heterocycles. The minimum absolute atomic E-state index is 0.158. The van der Waals surface area contributed by atoms with Crippen molar-refractivity contribution in [3.63, 3.8) is 0 Å². The van der Waals surface area contributed by atoms with Crippen molar-refractivity contribution in [1.29, 1.82) is 0 Å². The Morgan fingerprint density at radius 3 is 2.69 bits per heavy atom. The molecule has 92 valence electrons. The molecule has 0 amide bonds. The zero-order valence-corrected chi connectivity index (χ0v) is 9.80. The predicted octanol–water partition coefficient (Wildman–Crippen LogP) is 1.47. The van der Waals surface area contributed by atoms with Crippen LogP contribution in [0.3, 0.4) is 0 Å². The van der Waals surface area contributed by atoms with Crippen LogP contribution in [-0.2, 0) is 15.6 Å². The van der Waals surface area contributed by atoms with Gasteiger partial charge in [-0.05, 0) is 6.92 Å². The lowest BCUT2D eigenvalue weighted by atomic mass is 10.6. The van der Waals surface area contributed by atoms with E-state index in [9.17, 15) is 17.2 Å². The Bertz CT molecular complexity index is 460. The van der Waals surface area contributed by atoms with Gasteiger partial charge in [-0.25, -0.2) is 17.2 Å². The van der Waals surface area contributed by atoms with Gasteiger partial charge in [-0.15, -0.1) is 5.10 Å². The number of hydrogen-bond donors (Lipinski definition) is 0. The first-order valence-corrected chi connectivity index (χ1v) is 6.58. The van der Waals surface area contributed by atoms with E-state index in [1.54, 1.807) is 6.92 Å². The normalized spacial score (nSPS) is 12.1. The van der Waals surface area contributed by atoms with Gasteiger partial charge in [0.2, 0.25) is 0 Å². The summed E-state index contributed by atoms with van der Waals surface area (Å²) in [5.41, 5.74) is 0. The summed E-state index contributed by atoms with van der Waals surface area (Å²) in [6, 6.07) is 0. The van der Waals surface area contributed by atoms with E-state index in [4.69, 9.17) is 15.4 Å². The SMILES string of the molecule is CCOc1nn(CC(F)F)cc1S(=O)(=O)Cl. The van der Waals surface area contributed by atoms with Gasteiger partial charge in [0.15, 0.2) is 4.90 Å². The van der Waals surface area contributed by atoms with E-state index in [-0.39, 0.29) is 12.5 Å². The van der Waals surface area contributed by atoms with Crippen LogP contribution in [0.4, 0.5) is 8.78 Å². The minimum atomic E-state index is -4.05. The molecular weight excluding hydrogens is 266 g/mol. The molecule has 0 bridgehead atoms. The number of hydrogen-bond acceptors (Lipinski definition) is 4. The summed E-state index contributed by atoms with van der Waals surface area (Å²) in [7, 11) is 1.05. The van der Waals surface area contributed by atoms with E-state index in [2.05, 4.69) is 5.10 Å². The number of alkyl halides is 2. The van der Waals surface area contributed by atoms with Crippen LogP contribution in [0.5, 0.6) is 5.88 Å². The highest BCUT2D eigenvalue weighted by Gasteiger charge is 2.22. The van der Waals surface area contributed by atoms with Gasteiger partial charge >= 0.3 is 0 Å². The van der Waals surface area contributed by atoms with Gasteiger partial charge in [0.1, 0.15) is 6.54 Å². The van der Waals surface area contributed by atoms with Gasteiger partial charge in [-0.3, -0.25) is 4.68 Å². The summed E-state index contributed by atoms with van der Waals surface area (Å²) in [6.07, 6.45) is -1.72. The topological polar surface area (TPSA) is 61.2 Å². The van der Waals surface area contributed by atoms with Crippen molar-refractivity contribution in [1.82, 2.24) is 9.78 Å². The molecule has 0 saturated carbocycles. The van der Waals surface area contributed by atoms with Crippen molar-refractivity contribution in [3.8, 4) is 5.88 Å². The standard InChI is InChI=1S/C7H9ClF2N2O3S/c1-2-15-7-5(16(8,13)14)3-12(11-7)4-6(9)10/h3,6H,2,4H2,1H3. The van der Waals surface area contributed by atoms with Crippen LogP contribution >= 0.6 is 10.7 Å². The second-order valence-corrected chi connectivity index (χ2v) is 5.32. The molecule has 0 aliphatic carbocycles. The summed E-state index contributed by atoms with van der Waals surface area (Å²) in [4.78, 5) is -0.406. The highest BCUT2D eigenvalue weighted by atomic mass is 35.7. The fourth-order valence-electron chi connectivity index (χ4n) is 1.02. The molecule has 0 fully saturated rings. The zero-order chi connectivity index (χ0) is 12.3. The molecular formula is C7H9ClF2N2O3S. The van der Waals surface area contributed by atoms with Crippen molar-refractivity contribution in [2.75, 3.05) is 6.61 Å². The first-order chi connectivity index (χ1) is 7.34. The van der Waals surface area contributed by atoms with Crippen LogP contribution in [0.1, 0.15) is 6.92 Å². The summed E-state index contributed by atoms with van der Waals surface area (Å²) in [5, 5.41) is 3.56. The van der Waals surface area contributed by atoms with Gasteiger partial charge in [0, 0.05) is 16.9 Å². The molecule has 16 heavy (non-hydrogen) atoms. The smallest absolute Gasteiger partial charge is 0.268 e. The third-order valence-electron chi connectivity index (χ3n) is 1.57. The van der Waals surface area contributed by atoms with Crippen LogP contribution in [0.25, 0.3) is 0 Å². The van der Waals surface area contributed by atoms with Gasteiger partial charge < -0.3 is 4.74 Å². The largest absolute Gasteiger partial charge is 0.476 e. The maximum Gasteiger partial charge on any atom is 0.268 e. The van der Waals surface area contributed by atoms with Gasteiger partial charge in [0.25, 0.3) is 21.4 Å². The molecule has 1 heterocycles. The van der Waals surface area contributed by atoms with E-state index < -0.39 is 26.9 Å². The third-order valence-corrected chi connectivity index (χ3v) is 2.87. The highest BCUT2D eigenvalue weighted by Crippen LogP contribution is 2.25. The molecule has 5 nitrogen and oxygen atoms in total. The Kier molecular flexibility index (Phi) is 4.09. The molecule has 0 aliphatic rings. The van der Waals surface area contributed by atoms with Gasteiger partial charge in [0.05, 0.1) is 6.61 Å². The van der Waals surface area contributed by atoms with Crippen molar-refractivity contribution >= 4 is 19.7 Å². The number of aromatic nitrogens is 2. The molecule has 0 atom stereocenters. The molecule has 1 rings (SSSR count). The maximum absolute atomic E-state index is 12.1. The summed E-state index contributed by atoms with van der Waals surface area (Å²) >= 11 is 0. The Hall–Kier alpha value is -0.890. The molecule has 0 N–H and O–H groups in total. The zero-order valence-electron chi connectivity index (χ0n) is 8.23. The number of rotatable bonds is 5. The van der Waals surface area contributed by atoms with Crippen molar-refractivity contribution in [2.24, 2.45) is 0 Å². The number of halogens is 3. The monoisotopic (exact) mass is 274 g/mol. The van der Waals surface area contributed by atoms with Crippen molar-refractivity contribution in [3.05, 3.63) is 6.20 Å². The quantitative estimate of drug-likeness (QED) is 0.763. The van der Waals surface area contributed by atoms with Crippen molar-refractivity contribution < 1.29 is 21.9 Å². The van der Waals surface area contributed by atoms with Gasteiger partial charge in [-0.1, -0.05) is 0 Å². The van der Waals surface area contributed by atoms with Crippen LogP contribution in [0, 0.1) is 0 Å². The lowest BCUT2D eigenvalue weighted by Gasteiger charge is -1.99. The summed E-state index contributed by atoms with van der Waals surface area (Å²) < 4.78 is 51.9. The molecule has 0 aliphatic heterocycles. The van der Waals surface area contributed by atoms with Crippen LogP contribution in [0.15, 0.2) is 11.1 Å². The second kappa shape index (κ2) is 4.96. The molecule has 0 radical (unpaired) electrons. The summed E-state index contributed by atoms with van der Waals surface area (Å²) in [5.74, 6) is -0.266. The van der Waals surface area contributed by atoms with Crippen LogP contribution in [0.2, 0.25) is 0 Å². The molecule has 0 aromatic carbocycles. The van der Waals surface area contributed by atoms with E-state index in [1.165, 1.54) is 0 Å². The summed E-state index contributed by atoms with van der Waals surface area (Å²) in [6.45, 7) is 1.05. The van der Waals surface area contributed by atoms with E-state index >= 15 is 0 Å². The van der Waals surface area contributed by atoms with Crippen LogP contribution in [-0.4, -0.2) is 31.2 Å². The van der Waals surface area contributed by atoms with Crippen molar-refractivity contribution in [2.45, 2.75) is 24.8 Å². The van der Waals surface area contributed by atoms with E-state index in [0.717, 1.165) is 10.9 Å². The molecule has 0 spiro atoms. The Balaban J connectivity index is 3.10. The average Bonchev–Trinajstić information content (AvgIpc) is 2.46. The predicted molar refractivity (Wildman–Crippen MR) is 52.4 cm³/mol. The first-order valence-electron chi connectivity index (χ1n) is 4.27. The van der Waals surface area contributed by atoms with Crippen LogP contribution < -0.4 is 4.74 Å². The second-order valence-electron chi connectivity index (χ2n) is 2.78.